The summed E-state index contributed by atoms with van der Waals surface area (Å²) in [4.78, 5) is 11.8. The maximum Gasteiger partial charge on any atom is 0.231 e. The van der Waals surface area contributed by atoms with Crippen LogP contribution in [0, 0.1) is 11.3 Å². The van der Waals surface area contributed by atoms with E-state index in [4.69, 9.17) is 10.9 Å². The number of hydrogen-bond donors (Lipinski definition) is 3. The third-order valence-corrected chi connectivity index (χ3v) is 2.86. The highest BCUT2D eigenvalue weighted by Gasteiger charge is 2.27. The zero-order valence-corrected chi connectivity index (χ0v) is 10.7. The van der Waals surface area contributed by atoms with E-state index in [0.717, 1.165) is 0 Å². The molecule has 0 radical (unpaired) electrons. The number of nitrogens with two attached hydrogens (primary N) is 1. The van der Waals surface area contributed by atoms with Crippen LogP contribution in [0.15, 0.2) is 5.16 Å². The normalized spacial score (nSPS) is 16.7. The van der Waals surface area contributed by atoms with Gasteiger partial charge < -0.3 is 16.3 Å². The average molecular weight is 229 g/mol. The molecule has 0 saturated heterocycles. The lowest BCUT2D eigenvalue weighted by molar-refractivity contribution is -0.124. The van der Waals surface area contributed by atoms with Crippen molar-refractivity contribution in [1.29, 1.82) is 0 Å². The van der Waals surface area contributed by atoms with Crippen molar-refractivity contribution in [2.24, 2.45) is 22.2 Å². The second-order valence-corrected chi connectivity index (χ2v) is 5.08. The molecule has 0 fully saturated rings. The molecule has 0 aliphatic heterocycles. The van der Waals surface area contributed by atoms with E-state index in [9.17, 15) is 4.79 Å². The first-order valence-electron chi connectivity index (χ1n) is 5.51. The summed E-state index contributed by atoms with van der Waals surface area (Å²) in [5, 5.41) is 14.3. The van der Waals surface area contributed by atoms with E-state index in [1.807, 2.05) is 34.6 Å². The minimum atomic E-state index is -0.560. The van der Waals surface area contributed by atoms with Gasteiger partial charge in [-0.25, -0.2) is 0 Å². The number of rotatable bonds is 4. The van der Waals surface area contributed by atoms with E-state index < -0.39 is 5.92 Å². The van der Waals surface area contributed by atoms with Crippen molar-refractivity contribution in [3.05, 3.63) is 0 Å². The minimum Gasteiger partial charge on any atom is -0.409 e. The Balaban J connectivity index is 4.56. The fraction of sp³-hybridized carbons (Fsp3) is 0.818. The Morgan fingerprint density at radius 1 is 1.50 bits per heavy atom. The van der Waals surface area contributed by atoms with E-state index in [0.29, 0.717) is 6.42 Å². The molecule has 0 heterocycles. The first-order valence-corrected chi connectivity index (χ1v) is 5.51. The van der Waals surface area contributed by atoms with Gasteiger partial charge in [-0.15, -0.1) is 0 Å². The van der Waals surface area contributed by atoms with Crippen molar-refractivity contribution >= 4 is 11.7 Å². The Kier molecular flexibility index (Phi) is 5.27. The molecular weight excluding hydrogens is 206 g/mol. The van der Waals surface area contributed by atoms with Gasteiger partial charge in [0.15, 0.2) is 5.84 Å². The van der Waals surface area contributed by atoms with Gasteiger partial charge in [0.2, 0.25) is 5.91 Å². The lowest BCUT2D eigenvalue weighted by Crippen LogP contribution is -2.47. The number of nitrogens with zero attached hydrogens (tertiary/aromatic N) is 1. The van der Waals surface area contributed by atoms with Crippen LogP contribution in [0.4, 0.5) is 0 Å². The van der Waals surface area contributed by atoms with Crippen molar-refractivity contribution in [3.63, 3.8) is 0 Å². The van der Waals surface area contributed by atoms with Crippen LogP contribution in [-0.2, 0) is 4.79 Å². The molecule has 16 heavy (non-hydrogen) atoms. The van der Waals surface area contributed by atoms with Gasteiger partial charge in [0, 0.05) is 6.04 Å². The summed E-state index contributed by atoms with van der Waals surface area (Å²) < 4.78 is 0. The highest BCUT2D eigenvalue weighted by atomic mass is 16.4. The van der Waals surface area contributed by atoms with Gasteiger partial charge in [-0.3, -0.25) is 4.79 Å². The second-order valence-electron chi connectivity index (χ2n) is 5.08. The Morgan fingerprint density at radius 3 is 2.31 bits per heavy atom. The Morgan fingerprint density at radius 2 is 2.00 bits per heavy atom. The van der Waals surface area contributed by atoms with Gasteiger partial charge in [0.25, 0.3) is 0 Å². The lowest BCUT2D eigenvalue weighted by Gasteiger charge is -2.29. The molecule has 0 aliphatic carbocycles. The summed E-state index contributed by atoms with van der Waals surface area (Å²) in [6.45, 7) is 9.90. The molecule has 0 spiro atoms. The van der Waals surface area contributed by atoms with Gasteiger partial charge in [0.1, 0.15) is 0 Å². The summed E-state index contributed by atoms with van der Waals surface area (Å²) in [5.41, 5.74) is 5.44. The van der Waals surface area contributed by atoms with Crippen molar-refractivity contribution in [2.75, 3.05) is 0 Å². The maximum absolute atomic E-state index is 11.8. The zero-order valence-electron chi connectivity index (χ0n) is 10.7. The van der Waals surface area contributed by atoms with Gasteiger partial charge in [-0.05, 0) is 18.8 Å². The number of carbonyl (C=O) groups is 1. The summed E-state index contributed by atoms with van der Waals surface area (Å²) in [6, 6.07) is 0.0283. The Labute approximate surface area is 97.1 Å². The molecule has 0 aromatic rings. The van der Waals surface area contributed by atoms with E-state index in [-0.39, 0.29) is 23.2 Å². The molecule has 0 aliphatic rings. The van der Waals surface area contributed by atoms with Crippen molar-refractivity contribution in [3.8, 4) is 0 Å². The third-order valence-electron chi connectivity index (χ3n) is 2.86. The SMILES string of the molecule is CCC(C(=O)NC(C)C(C)(C)C)C(N)=NO. The summed E-state index contributed by atoms with van der Waals surface area (Å²) in [7, 11) is 0. The number of nitrogens with one attached hydrogen (secondary N) is 1. The van der Waals surface area contributed by atoms with E-state index >= 15 is 0 Å². The Bertz CT molecular complexity index is 269. The molecule has 0 rings (SSSR count). The fourth-order valence-corrected chi connectivity index (χ4v) is 1.13. The molecule has 94 valence electrons. The Hall–Kier alpha value is -1.26. The summed E-state index contributed by atoms with van der Waals surface area (Å²) >= 11 is 0. The van der Waals surface area contributed by atoms with Gasteiger partial charge in [0.05, 0.1) is 5.92 Å². The van der Waals surface area contributed by atoms with Crippen molar-refractivity contribution in [1.82, 2.24) is 5.32 Å². The number of oxime groups is 1. The fourth-order valence-electron chi connectivity index (χ4n) is 1.13. The van der Waals surface area contributed by atoms with Crippen LogP contribution >= 0.6 is 0 Å². The first kappa shape index (κ1) is 14.7. The molecule has 1 amide bonds. The molecule has 2 atom stereocenters. The standard InChI is InChI=1S/C11H23N3O2/c1-6-8(9(12)14-16)10(15)13-7(2)11(3,4)5/h7-8,16H,6H2,1-5H3,(H2,12,14)(H,13,15). The highest BCUT2D eigenvalue weighted by molar-refractivity contribution is 6.02. The molecule has 0 saturated carbocycles. The monoisotopic (exact) mass is 229 g/mol. The molecule has 5 nitrogen and oxygen atoms in total. The first-order chi connectivity index (χ1) is 7.23. The number of carbonyl (C=O) groups excluding carboxylic acids is 1. The molecule has 0 aromatic carbocycles. The lowest BCUT2D eigenvalue weighted by atomic mass is 9.87. The van der Waals surface area contributed by atoms with Gasteiger partial charge in [-0.2, -0.15) is 0 Å². The average Bonchev–Trinajstić information content (AvgIpc) is 2.16. The van der Waals surface area contributed by atoms with Crippen LogP contribution in [0.3, 0.4) is 0 Å². The number of hydrogen-bond acceptors (Lipinski definition) is 3. The van der Waals surface area contributed by atoms with Gasteiger partial charge >= 0.3 is 0 Å². The predicted octanol–water partition coefficient (Wildman–Crippen LogP) is 1.31. The third kappa shape index (κ3) is 4.08. The van der Waals surface area contributed by atoms with E-state index in [1.165, 1.54) is 0 Å². The molecule has 5 heteroatoms. The number of amidine groups is 1. The molecule has 2 unspecified atom stereocenters. The molecule has 4 N–H and O–H groups in total. The zero-order chi connectivity index (χ0) is 12.9. The second kappa shape index (κ2) is 5.72. The number of amides is 1. The van der Waals surface area contributed by atoms with Crippen LogP contribution in [0.5, 0.6) is 0 Å². The summed E-state index contributed by atoms with van der Waals surface area (Å²) in [5.74, 6) is -0.795. The molecule has 0 aromatic heterocycles. The predicted molar refractivity (Wildman–Crippen MR) is 64.2 cm³/mol. The quantitative estimate of drug-likeness (QED) is 0.294. The van der Waals surface area contributed by atoms with Crippen molar-refractivity contribution < 1.29 is 10.0 Å². The van der Waals surface area contributed by atoms with Crippen LogP contribution < -0.4 is 11.1 Å². The van der Waals surface area contributed by atoms with Crippen LogP contribution in [0.25, 0.3) is 0 Å². The highest BCUT2D eigenvalue weighted by Crippen LogP contribution is 2.19. The molecule has 0 bridgehead atoms. The van der Waals surface area contributed by atoms with Crippen LogP contribution in [0.2, 0.25) is 0 Å². The van der Waals surface area contributed by atoms with E-state index in [2.05, 4.69) is 10.5 Å². The minimum absolute atomic E-state index is 0.0148. The summed E-state index contributed by atoms with van der Waals surface area (Å²) in [6.07, 6.45) is 0.512. The maximum atomic E-state index is 11.8. The van der Waals surface area contributed by atoms with Gasteiger partial charge in [-0.1, -0.05) is 32.9 Å². The van der Waals surface area contributed by atoms with Crippen molar-refractivity contribution in [2.45, 2.75) is 47.1 Å². The van der Waals surface area contributed by atoms with Crippen LogP contribution in [-0.4, -0.2) is 23.0 Å². The largest absolute Gasteiger partial charge is 0.409 e. The molecular formula is C11H23N3O2. The van der Waals surface area contributed by atoms with Crippen LogP contribution in [0.1, 0.15) is 41.0 Å². The topological polar surface area (TPSA) is 87.7 Å². The smallest absolute Gasteiger partial charge is 0.231 e. The van der Waals surface area contributed by atoms with E-state index in [1.54, 1.807) is 0 Å².